The number of non-ortho nitro benzene ring substituents is 1. The van der Waals surface area contributed by atoms with Crippen molar-refractivity contribution < 1.29 is 13.3 Å². The molecule has 0 saturated carbocycles. The molecule has 1 aliphatic heterocycles. The third-order valence-electron chi connectivity index (χ3n) is 4.77. The molecule has 25 heavy (non-hydrogen) atoms. The van der Waals surface area contributed by atoms with Gasteiger partial charge in [0, 0.05) is 31.4 Å². The number of nitrogens with two attached hydrogens (primary N) is 1. The van der Waals surface area contributed by atoms with Crippen molar-refractivity contribution in [1.82, 2.24) is 9.29 Å². The van der Waals surface area contributed by atoms with E-state index in [1.54, 1.807) is 6.07 Å². The van der Waals surface area contributed by atoms with Gasteiger partial charge in [-0.05, 0) is 43.9 Å². The van der Waals surface area contributed by atoms with Crippen LogP contribution in [0.2, 0.25) is 0 Å². The van der Waals surface area contributed by atoms with Crippen LogP contribution < -0.4 is 5.73 Å². The van der Waals surface area contributed by atoms with Gasteiger partial charge in [-0.3, -0.25) is 15.1 Å². The van der Waals surface area contributed by atoms with Crippen LogP contribution in [0.15, 0.2) is 35.4 Å². The molecule has 2 N–H and O–H groups in total. The molecule has 0 aliphatic carbocycles. The Morgan fingerprint density at radius 2 is 2.00 bits per heavy atom. The first-order valence-corrected chi connectivity index (χ1v) is 9.54. The second-order valence-corrected chi connectivity index (χ2v) is 8.25. The number of hydrogen-bond donors (Lipinski definition) is 1. The van der Waals surface area contributed by atoms with Crippen LogP contribution >= 0.6 is 0 Å². The number of nitro benzene ring substituents is 1. The van der Waals surface area contributed by atoms with Crippen LogP contribution in [0, 0.1) is 16.0 Å². The fourth-order valence-electron chi connectivity index (χ4n) is 3.28. The summed E-state index contributed by atoms with van der Waals surface area (Å²) in [6.07, 6.45) is 2.85. The van der Waals surface area contributed by atoms with Gasteiger partial charge in [0.25, 0.3) is 5.69 Å². The molecule has 3 rings (SSSR count). The Bertz CT molecular complexity index is 905. The van der Waals surface area contributed by atoms with Crippen molar-refractivity contribution >= 4 is 26.6 Å². The molecule has 1 unspecified atom stereocenters. The van der Waals surface area contributed by atoms with Crippen molar-refractivity contribution in [3.05, 3.63) is 40.6 Å². The number of sulfonamides is 1. The van der Waals surface area contributed by atoms with Gasteiger partial charge in [0.1, 0.15) is 4.90 Å². The minimum Gasteiger partial charge on any atom is -0.328 e. The maximum atomic E-state index is 13.0. The van der Waals surface area contributed by atoms with Gasteiger partial charge in [0.15, 0.2) is 0 Å². The van der Waals surface area contributed by atoms with E-state index in [9.17, 15) is 18.5 Å². The molecule has 0 radical (unpaired) electrons. The number of fused-ring (bicyclic) bond motifs is 1. The molecular weight excluding hydrogens is 344 g/mol. The van der Waals surface area contributed by atoms with Crippen LogP contribution in [0.25, 0.3) is 10.9 Å². The van der Waals surface area contributed by atoms with E-state index in [0.717, 1.165) is 0 Å². The number of pyridine rings is 1. The Balaban J connectivity index is 2.02. The summed E-state index contributed by atoms with van der Waals surface area (Å²) in [4.78, 5) is 14.8. The summed E-state index contributed by atoms with van der Waals surface area (Å²) < 4.78 is 27.5. The zero-order valence-electron chi connectivity index (χ0n) is 13.8. The van der Waals surface area contributed by atoms with Gasteiger partial charge < -0.3 is 5.73 Å². The van der Waals surface area contributed by atoms with Crippen LogP contribution in [0.1, 0.15) is 19.8 Å². The molecule has 1 aromatic heterocycles. The first kappa shape index (κ1) is 17.7. The van der Waals surface area contributed by atoms with Crippen LogP contribution in [-0.2, 0) is 10.0 Å². The minimum atomic E-state index is -3.77. The Morgan fingerprint density at radius 3 is 2.60 bits per heavy atom. The summed E-state index contributed by atoms with van der Waals surface area (Å²) in [5.74, 6) is 0.304. The minimum absolute atomic E-state index is 0.00736. The van der Waals surface area contributed by atoms with E-state index in [4.69, 9.17) is 5.73 Å². The maximum absolute atomic E-state index is 13.0. The van der Waals surface area contributed by atoms with Gasteiger partial charge in [-0.2, -0.15) is 4.31 Å². The van der Waals surface area contributed by atoms with E-state index < -0.39 is 14.9 Å². The highest BCUT2D eigenvalue weighted by Crippen LogP contribution is 2.32. The first-order valence-electron chi connectivity index (χ1n) is 8.10. The van der Waals surface area contributed by atoms with Gasteiger partial charge in [-0.1, -0.05) is 0 Å². The van der Waals surface area contributed by atoms with Crippen molar-refractivity contribution in [2.75, 3.05) is 13.1 Å². The topological polar surface area (TPSA) is 119 Å². The lowest BCUT2D eigenvalue weighted by atomic mass is 9.92. The van der Waals surface area contributed by atoms with Crippen LogP contribution in [-0.4, -0.2) is 41.8 Å². The molecule has 0 bridgehead atoms. The third kappa shape index (κ3) is 3.22. The average Bonchev–Trinajstić information content (AvgIpc) is 2.60. The van der Waals surface area contributed by atoms with Crippen molar-refractivity contribution in [1.29, 1.82) is 0 Å². The highest BCUT2D eigenvalue weighted by Gasteiger charge is 2.32. The molecule has 0 amide bonds. The molecule has 1 aromatic carbocycles. The lowest BCUT2D eigenvalue weighted by molar-refractivity contribution is -0.383. The molecule has 1 saturated heterocycles. The SMILES string of the molecule is CC(N)C1CCN(S(=O)(=O)c2ccc([N+](=O)[O-])c3cccnc23)CC1. The molecule has 0 spiro atoms. The summed E-state index contributed by atoms with van der Waals surface area (Å²) in [5, 5.41) is 11.4. The molecule has 2 heterocycles. The van der Waals surface area contributed by atoms with E-state index >= 15 is 0 Å². The number of rotatable bonds is 4. The van der Waals surface area contributed by atoms with Crippen LogP contribution in [0.5, 0.6) is 0 Å². The second-order valence-electron chi connectivity index (χ2n) is 6.34. The second kappa shape index (κ2) is 6.66. The van der Waals surface area contributed by atoms with Gasteiger partial charge in [0.05, 0.1) is 15.8 Å². The quantitative estimate of drug-likeness (QED) is 0.653. The van der Waals surface area contributed by atoms with E-state index in [0.29, 0.717) is 31.8 Å². The van der Waals surface area contributed by atoms with Gasteiger partial charge in [-0.25, -0.2) is 8.42 Å². The first-order chi connectivity index (χ1) is 11.8. The molecule has 8 nitrogen and oxygen atoms in total. The summed E-state index contributed by atoms with van der Waals surface area (Å²) >= 11 is 0. The Morgan fingerprint density at radius 1 is 1.32 bits per heavy atom. The number of piperidine rings is 1. The summed E-state index contributed by atoms with van der Waals surface area (Å²) in [6, 6.07) is 5.61. The molecule has 1 aliphatic rings. The molecule has 1 fully saturated rings. The van der Waals surface area contributed by atoms with E-state index in [-0.39, 0.29) is 27.5 Å². The number of nitrogens with zero attached hydrogens (tertiary/aromatic N) is 3. The fourth-order valence-corrected chi connectivity index (χ4v) is 4.90. The molecular formula is C16H20N4O4S. The molecule has 2 aromatic rings. The van der Waals surface area contributed by atoms with Crippen molar-refractivity contribution in [3.63, 3.8) is 0 Å². The Hall–Kier alpha value is -2.10. The summed E-state index contributed by atoms with van der Waals surface area (Å²) in [7, 11) is -3.77. The predicted molar refractivity (Wildman–Crippen MR) is 93.5 cm³/mol. The largest absolute Gasteiger partial charge is 0.328 e. The van der Waals surface area contributed by atoms with E-state index in [1.807, 2.05) is 6.92 Å². The zero-order chi connectivity index (χ0) is 18.2. The average molecular weight is 364 g/mol. The zero-order valence-corrected chi connectivity index (χ0v) is 14.6. The molecule has 134 valence electrons. The van der Waals surface area contributed by atoms with Crippen LogP contribution in [0.3, 0.4) is 0 Å². The van der Waals surface area contributed by atoms with Crippen molar-refractivity contribution in [2.24, 2.45) is 11.7 Å². The maximum Gasteiger partial charge on any atom is 0.278 e. The number of benzene rings is 1. The van der Waals surface area contributed by atoms with E-state index in [2.05, 4.69) is 4.98 Å². The highest BCUT2D eigenvalue weighted by atomic mass is 32.2. The predicted octanol–water partition coefficient (Wildman–Crippen LogP) is 1.89. The lowest BCUT2D eigenvalue weighted by Gasteiger charge is -2.33. The summed E-state index contributed by atoms with van der Waals surface area (Å²) in [6.45, 7) is 2.71. The fraction of sp³-hybridized carbons (Fsp3) is 0.438. The van der Waals surface area contributed by atoms with Gasteiger partial charge in [0.2, 0.25) is 10.0 Å². The monoisotopic (exact) mass is 364 g/mol. The number of hydrogen-bond acceptors (Lipinski definition) is 6. The number of nitro groups is 1. The van der Waals surface area contributed by atoms with Crippen molar-refractivity contribution in [3.8, 4) is 0 Å². The molecule has 9 heteroatoms. The Labute approximate surface area is 145 Å². The third-order valence-corrected chi connectivity index (χ3v) is 6.70. The summed E-state index contributed by atoms with van der Waals surface area (Å²) in [5.41, 5.74) is 5.89. The van der Waals surface area contributed by atoms with Gasteiger partial charge >= 0.3 is 0 Å². The lowest BCUT2D eigenvalue weighted by Crippen LogP contribution is -2.42. The normalized spacial score (nSPS) is 18.3. The smallest absolute Gasteiger partial charge is 0.278 e. The standard InChI is InChI=1S/C16H20N4O4S/c1-11(17)12-6-9-19(10-7-12)25(23,24)15-5-4-14(20(21)22)13-3-2-8-18-16(13)15/h2-5,8,11-12H,6-7,9-10,17H2,1H3. The van der Waals surface area contributed by atoms with Gasteiger partial charge in [-0.15, -0.1) is 0 Å². The van der Waals surface area contributed by atoms with Crippen LogP contribution in [0.4, 0.5) is 5.69 Å². The number of aromatic nitrogens is 1. The van der Waals surface area contributed by atoms with E-state index in [1.165, 1.54) is 28.7 Å². The Kier molecular flexibility index (Phi) is 4.72. The van der Waals surface area contributed by atoms with Crippen molar-refractivity contribution in [2.45, 2.75) is 30.7 Å². The highest BCUT2D eigenvalue weighted by molar-refractivity contribution is 7.89. The molecule has 1 atom stereocenters.